The lowest BCUT2D eigenvalue weighted by Crippen LogP contribution is -2.38. The van der Waals surface area contributed by atoms with E-state index < -0.39 is 15.9 Å². The molecular weight excluding hydrogens is 428 g/mol. The molecule has 3 aromatic rings. The molecule has 31 heavy (non-hydrogen) atoms. The highest BCUT2D eigenvalue weighted by Gasteiger charge is 2.24. The SMILES string of the molecule is Cc1cc(C)c(N(CC(=O)Nc2ccccc2Sc2ccccc2)S(C)(=O)=O)c(C)c1. The summed E-state index contributed by atoms with van der Waals surface area (Å²) in [6, 6.07) is 21.2. The van der Waals surface area contributed by atoms with Crippen molar-refractivity contribution in [2.24, 2.45) is 0 Å². The van der Waals surface area contributed by atoms with Crippen LogP contribution in [0.15, 0.2) is 76.5 Å². The highest BCUT2D eigenvalue weighted by atomic mass is 32.2. The first-order valence-electron chi connectivity index (χ1n) is 9.82. The quantitative estimate of drug-likeness (QED) is 0.535. The monoisotopic (exact) mass is 454 g/mol. The number of anilines is 2. The van der Waals surface area contributed by atoms with Crippen LogP contribution in [0.5, 0.6) is 0 Å². The highest BCUT2D eigenvalue weighted by molar-refractivity contribution is 7.99. The van der Waals surface area contributed by atoms with Crippen LogP contribution in [-0.4, -0.2) is 27.1 Å². The summed E-state index contributed by atoms with van der Waals surface area (Å²) in [4.78, 5) is 14.8. The van der Waals surface area contributed by atoms with Crippen molar-refractivity contribution in [2.75, 3.05) is 22.4 Å². The highest BCUT2D eigenvalue weighted by Crippen LogP contribution is 2.33. The molecule has 3 aromatic carbocycles. The van der Waals surface area contributed by atoms with Crippen molar-refractivity contribution < 1.29 is 13.2 Å². The van der Waals surface area contributed by atoms with Crippen LogP contribution in [0, 0.1) is 20.8 Å². The van der Waals surface area contributed by atoms with Gasteiger partial charge in [0.25, 0.3) is 0 Å². The Hall–Kier alpha value is -2.77. The molecule has 0 unspecified atom stereocenters. The number of hydrogen-bond donors (Lipinski definition) is 1. The Morgan fingerprint density at radius 3 is 2.13 bits per heavy atom. The number of hydrogen-bond acceptors (Lipinski definition) is 4. The van der Waals surface area contributed by atoms with Gasteiger partial charge in [-0.25, -0.2) is 8.42 Å². The first kappa shape index (κ1) is 22.9. The van der Waals surface area contributed by atoms with Crippen molar-refractivity contribution in [3.63, 3.8) is 0 Å². The van der Waals surface area contributed by atoms with Gasteiger partial charge in [0.05, 0.1) is 17.6 Å². The topological polar surface area (TPSA) is 66.5 Å². The smallest absolute Gasteiger partial charge is 0.245 e. The van der Waals surface area contributed by atoms with E-state index in [0.29, 0.717) is 11.4 Å². The Bertz CT molecular complexity index is 1170. The average Bonchev–Trinajstić information content (AvgIpc) is 2.68. The van der Waals surface area contributed by atoms with Crippen LogP contribution in [0.2, 0.25) is 0 Å². The molecule has 0 saturated heterocycles. The molecule has 0 saturated carbocycles. The minimum atomic E-state index is -3.65. The summed E-state index contributed by atoms with van der Waals surface area (Å²) in [5.41, 5.74) is 3.87. The van der Waals surface area contributed by atoms with E-state index in [1.807, 2.05) is 87.5 Å². The van der Waals surface area contributed by atoms with Gasteiger partial charge in [0.15, 0.2) is 0 Å². The van der Waals surface area contributed by atoms with Gasteiger partial charge in [-0.05, 0) is 56.2 Å². The van der Waals surface area contributed by atoms with Crippen LogP contribution >= 0.6 is 11.8 Å². The minimum absolute atomic E-state index is 0.298. The summed E-state index contributed by atoms with van der Waals surface area (Å²) in [5, 5.41) is 2.89. The maximum atomic E-state index is 12.9. The number of para-hydroxylation sites is 1. The van der Waals surface area contributed by atoms with Gasteiger partial charge in [0, 0.05) is 9.79 Å². The number of amides is 1. The summed E-state index contributed by atoms with van der Waals surface area (Å²) >= 11 is 1.54. The molecule has 5 nitrogen and oxygen atoms in total. The van der Waals surface area contributed by atoms with Crippen LogP contribution in [0.1, 0.15) is 16.7 Å². The predicted molar refractivity (Wildman–Crippen MR) is 128 cm³/mol. The van der Waals surface area contributed by atoms with Crippen LogP contribution in [-0.2, 0) is 14.8 Å². The zero-order chi connectivity index (χ0) is 22.6. The van der Waals surface area contributed by atoms with Crippen molar-refractivity contribution in [2.45, 2.75) is 30.6 Å². The Balaban J connectivity index is 1.85. The van der Waals surface area contributed by atoms with Gasteiger partial charge in [-0.2, -0.15) is 0 Å². The minimum Gasteiger partial charge on any atom is -0.323 e. The summed E-state index contributed by atoms with van der Waals surface area (Å²) < 4.78 is 26.3. The number of benzene rings is 3. The van der Waals surface area contributed by atoms with Gasteiger partial charge in [0.2, 0.25) is 15.9 Å². The van der Waals surface area contributed by atoms with Gasteiger partial charge in [-0.3, -0.25) is 9.10 Å². The van der Waals surface area contributed by atoms with E-state index in [9.17, 15) is 13.2 Å². The van der Waals surface area contributed by atoms with E-state index in [4.69, 9.17) is 0 Å². The summed E-state index contributed by atoms with van der Waals surface area (Å²) in [6.07, 6.45) is 1.12. The summed E-state index contributed by atoms with van der Waals surface area (Å²) in [5.74, 6) is -0.397. The molecular formula is C24H26N2O3S2. The number of nitrogens with zero attached hydrogens (tertiary/aromatic N) is 1. The maximum absolute atomic E-state index is 12.9. The number of aryl methyl sites for hydroxylation is 3. The van der Waals surface area contributed by atoms with Gasteiger partial charge in [-0.15, -0.1) is 0 Å². The standard InChI is InChI=1S/C24H26N2O3S2/c1-17-14-18(2)24(19(3)15-17)26(31(4,28)29)16-23(27)25-21-12-8-9-13-22(21)30-20-10-6-5-7-11-20/h5-15H,16H2,1-4H3,(H,25,27). The molecule has 0 atom stereocenters. The van der Waals surface area contributed by atoms with E-state index in [2.05, 4.69) is 5.32 Å². The molecule has 0 spiro atoms. The van der Waals surface area contributed by atoms with Crippen molar-refractivity contribution in [3.05, 3.63) is 83.4 Å². The first-order valence-corrected chi connectivity index (χ1v) is 12.5. The van der Waals surface area contributed by atoms with Gasteiger partial charge in [-0.1, -0.05) is 59.8 Å². The lowest BCUT2D eigenvalue weighted by atomic mass is 10.1. The number of sulfonamides is 1. The van der Waals surface area contributed by atoms with E-state index >= 15 is 0 Å². The lowest BCUT2D eigenvalue weighted by Gasteiger charge is -2.26. The van der Waals surface area contributed by atoms with Crippen LogP contribution in [0.3, 0.4) is 0 Å². The second-order valence-electron chi connectivity index (χ2n) is 7.48. The van der Waals surface area contributed by atoms with Crippen LogP contribution < -0.4 is 9.62 Å². The Kier molecular flexibility index (Phi) is 7.08. The van der Waals surface area contributed by atoms with E-state index in [1.54, 1.807) is 0 Å². The summed E-state index contributed by atoms with van der Waals surface area (Å²) in [6.45, 7) is 5.38. The second kappa shape index (κ2) is 9.58. The van der Waals surface area contributed by atoms with E-state index in [0.717, 1.165) is 32.7 Å². The second-order valence-corrected chi connectivity index (χ2v) is 10.5. The largest absolute Gasteiger partial charge is 0.323 e. The van der Waals surface area contributed by atoms with E-state index in [1.165, 1.54) is 16.1 Å². The molecule has 0 aliphatic carbocycles. The van der Waals surface area contributed by atoms with Crippen molar-refractivity contribution in [1.82, 2.24) is 0 Å². The fourth-order valence-corrected chi connectivity index (χ4v) is 5.42. The molecule has 0 aliphatic heterocycles. The van der Waals surface area contributed by atoms with Gasteiger partial charge in [0.1, 0.15) is 6.54 Å². The van der Waals surface area contributed by atoms with Gasteiger partial charge >= 0.3 is 0 Å². The molecule has 3 rings (SSSR count). The predicted octanol–water partition coefficient (Wildman–Crippen LogP) is 5.17. The molecule has 0 aliphatic rings. The molecule has 0 bridgehead atoms. The molecule has 7 heteroatoms. The number of nitrogens with one attached hydrogen (secondary N) is 1. The molecule has 0 fully saturated rings. The van der Waals surface area contributed by atoms with Crippen molar-refractivity contribution >= 4 is 39.1 Å². The average molecular weight is 455 g/mol. The van der Waals surface area contributed by atoms with Crippen molar-refractivity contribution in [1.29, 1.82) is 0 Å². The Morgan fingerprint density at radius 2 is 1.52 bits per heavy atom. The number of carbonyl (C=O) groups excluding carboxylic acids is 1. The maximum Gasteiger partial charge on any atom is 0.245 e. The zero-order valence-corrected chi connectivity index (χ0v) is 19.7. The first-order chi connectivity index (χ1) is 14.6. The summed E-state index contributed by atoms with van der Waals surface area (Å²) in [7, 11) is -3.65. The molecule has 162 valence electrons. The Labute approximate surface area is 188 Å². The molecule has 1 N–H and O–H groups in total. The third-order valence-corrected chi connectivity index (χ3v) is 6.90. The lowest BCUT2D eigenvalue weighted by molar-refractivity contribution is -0.114. The van der Waals surface area contributed by atoms with Crippen molar-refractivity contribution in [3.8, 4) is 0 Å². The third-order valence-electron chi connectivity index (χ3n) is 4.70. The molecule has 0 radical (unpaired) electrons. The molecule has 0 aromatic heterocycles. The van der Waals surface area contributed by atoms with Crippen LogP contribution in [0.25, 0.3) is 0 Å². The van der Waals surface area contributed by atoms with E-state index in [-0.39, 0.29) is 6.54 Å². The fourth-order valence-electron chi connectivity index (χ4n) is 3.52. The number of carbonyl (C=O) groups is 1. The fraction of sp³-hybridized carbons (Fsp3) is 0.208. The zero-order valence-electron chi connectivity index (χ0n) is 18.0. The Morgan fingerprint density at radius 1 is 0.935 bits per heavy atom. The van der Waals surface area contributed by atoms with Crippen LogP contribution in [0.4, 0.5) is 11.4 Å². The van der Waals surface area contributed by atoms with Gasteiger partial charge < -0.3 is 5.32 Å². The normalized spacial score (nSPS) is 11.2. The molecule has 0 heterocycles. The third kappa shape index (κ3) is 5.89. The molecule has 1 amide bonds. The number of rotatable bonds is 7.